The van der Waals surface area contributed by atoms with Gasteiger partial charge in [0, 0.05) is 18.0 Å². The van der Waals surface area contributed by atoms with Crippen LogP contribution in [0.3, 0.4) is 0 Å². The van der Waals surface area contributed by atoms with E-state index in [9.17, 15) is 5.11 Å². The molecule has 0 spiro atoms. The van der Waals surface area contributed by atoms with Crippen molar-refractivity contribution < 1.29 is 5.11 Å². The lowest BCUT2D eigenvalue weighted by Crippen LogP contribution is -2.43. The highest BCUT2D eigenvalue weighted by molar-refractivity contribution is 5.23. The molecule has 2 heteroatoms. The third-order valence-corrected chi connectivity index (χ3v) is 3.36. The van der Waals surface area contributed by atoms with Gasteiger partial charge in [-0.1, -0.05) is 58.0 Å². The first kappa shape index (κ1) is 14.2. The van der Waals surface area contributed by atoms with Crippen molar-refractivity contribution in [3.8, 4) is 0 Å². The zero-order valence-corrected chi connectivity index (χ0v) is 11.4. The Kier molecular flexibility index (Phi) is 5.16. The van der Waals surface area contributed by atoms with Gasteiger partial charge in [-0.25, -0.2) is 0 Å². The Labute approximate surface area is 105 Å². The minimum absolute atomic E-state index is 0.0869. The standard InChI is InChI=1S/C15H25NO/c1-12(2)14(10-17)16-11-15(3,4)13-8-6-5-7-9-13/h5-9,12,14,16-17H,10-11H2,1-4H3. The summed E-state index contributed by atoms with van der Waals surface area (Å²) in [7, 11) is 0. The van der Waals surface area contributed by atoms with Gasteiger partial charge < -0.3 is 10.4 Å². The van der Waals surface area contributed by atoms with Gasteiger partial charge >= 0.3 is 0 Å². The van der Waals surface area contributed by atoms with Crippen molar-refractivity contribution in [3.05, 3.63) is 35.9 Å². The Morgan fingerprint density at radius 3 is 2.24 bits per heavy atom. The van der Waals surface area contributed by atoms with Crippen molar-refractivity contribution in [2.24, 2.45) is 5.92 Å². The summed E-state index contributed by atoms with van der Waals surface area (Å²) in [5.41, 5.74) is 1.41. The quantitative estimate of drug-likeness (QED) is 0.794. The summed E-state index contributed by atoms with van der Waals surface area (Å²) in [6.45, 7) is 9.78. The summed E-state index contributed by atoms with van der Waals surface area (Å²) in [5.74, 6) is 0.451. The minimum atomic E-state index is 0.0869. The maximum absolute atomic E-state index is 9.30. The lowest BCUT2D eigenvalue weighted by atomic mass is 9.84. The number of aliphatic hydroxyl groups is 1. The van der Waals surface area contributed by atoms with E-state index in [1.54, 1.807) is 0 Å². The maximum Gasteiger partial charge on any atom is 0.0587 e. The fourth-order valence-corrected chi connectivity index (χ4v) is 1.89. The van der Waals surface area contributed by atoms with Crippen LogP contribution in [0.15, 0.2) is 30.3 Å². The van der Waals surface area contributed by atoms with Gasteiger partial charge in [0.05, 0.1) is 6.61 Å². The van der Waals surface area contributed by atoms with Crippen LogP contribution >= 0.6 is 0 Å². The van der Waals surface area contributed by atoms with Crippen LogP contribution < -0.4 is 5.32 Å². The Bertz CT molecular complexity index is 319. The lowest BCUT2D eigenvalue weighted by Gasteiger charge is -2.29. The normalized spacial score (nSPS) is 14.0. The largest absolute Gasteiger partial charge is 0.395 e. The molecular formula is C15H25NO. The van der Waals surface area contributed by atoms with Gasteiger partial charge in [0.15, 0.2) is 0 Å². The first-order valence-electron chi connectivity index (χ1n) is 6.37. The first-order valence-corrected chi connectivity index (χ1v) is 6.37. The van der Waals surface area contributed by atoms with E-state index in [-0.39, 0.29) is 18.1 Å². The highest BCUT2D eigenvalue weighted by atomic mass is 16.3. The summed E-state index contributed by atoms with van der Waals surface area (Å²) in [5, 5.41) is 12.8. The van der Waals surface area contributed by atoms with Crippen LogP contribution in [0.1, 0.15) is 33.3 Å². The smallest absolute Gasteiger partial charge is 0.0587 e. The monoisotopic (exact) mass is 235 g/mol. The molecule has 0 fully saturated rings. The third-order valence-electron chi connectivity index (χ3n) is 3.36. The molecule has 0 heterocycles. The molecule has 1 atom stereocenters. The number of aliphatic hydroxyl groups excluding tert-OH is 1. The van der Waals surface area contributed by atoms with E-state index in [0.717, 1.165) is 6.54 Å². The second kappa shape index (κ2) is 6.18. The second-order valence-corrected chi connectivity index (χ2v) is 5.66. The van der Waals surface area contributed by atoms with Gasteiger partial charge in [0.2, 0.25) is 0 Å². The van der Waals surface area contributed by atoms with E-state index >= 15 is 0 Å². The van der Waals surface area contributed by atoms with E-state index in [1.807, 2.05) is 6.07 Å². The highest BCUT2D eigenvalue weighted by Crippen LogP contribution is 2.22. The molecule has 0 aliphatic carbocycles. The number of benzene rings is 1. The molecule has 1 aromatic rings. The van der Waals surface area contributed by atoms with Crippen molar-refractivity contribution >= 4 is 0 Å². The molecule has 2 N–H and O–H groups in total. The number of hydrogen-bond acceptors (Lipinski definition) is 2. The summed E-state index contributed by atoms with van der Waals surface area (Å²) < 4.78 is 0. The Balaban J connectivity index is 2.61. The lowest BCUT2D eigenvalue weighted by molar-refractivity contribution is 0.204. The molecule has 0 radical (unpaired) electrons. The van der Waals surface area contributed by atoms with E-state index in [4.69, 9.17) is 0 Å². The van der Waals surface area contributed by atoms with Crippen LogP contribution in [-0.2, 0) is 5.41 Å². The number of nitrogens with one attached hydrogen (secondary N) is 1. The Hall–Kier alpha value is -0.860. The molecule has 17 heavy (non-hydrogen) atoms. The van der Waals surface area contributed by atoms with Crippen molar-refractivity contribution in [2.75, 3.05) is 13.2 Å². The molecule has 0 amide bonds. The SMILES string of the molecule is CC(C)C(CO)NCC(C)(C)c1ccccc1. The fourth-order valence-electron chi connectivity index (χ4n) is 1.89. The molecule has 0 aliphatic heterocycles. The van der Waals surface area contributed by atoms with E-state index < -0.39 is 0 Å². The van der Waals surface area contributed by atoms with E-state index in [2.05, 4.69) is 57.3 Å². The van der Waals surface area contributed by atoms with Crippen molar-refractivity contribution in [1.82, 2.24) is 5.32 Å². The molecule has 1 aromatic carbocycles. The molecule has 1 unspecified atom stereocenters. The molecule has 2 nitrogen and oxygen atoms in total. The van der Waals surface area contributed by atoms with Crippen LogP contribution in [-0.4, -0.2) is 24.3 Å². The zero-order chi connectivity index (χ0) is 12.9. The van der Waals surface area contributed by atoms with Crippen molar-refractivity contribution in [1.29, 1.82) is 0 Å². The minimum Gasteiger partial charge on any atom is -0.395 e. The zero-order valence-electron chi connectivity index (χ0n) is 11.4. The van der Waals surface area contributed by atoms with Crippen LogP contribution in [0.5, 0.6) is 0 Å². The second-order valence-electron chi connectivity index (χ2n) is 5.66. The first-order chi connectivity index (χ1) is 7.97. The summed E-state index contributed by atoms with van der Waals surface area (Å²) >= 11 is 0. The summed E-state index contributed by atoms with van der Waals surface area (Å²) in [6, 6.07) is 10.7. The van der Waals surface area contributed by atoms with Gasteiger partial charge in [-0.2, -0.15) is 0 Å². The molecule has 0 saturated heterocycles. The summed E-state index contributed by atoms with van der Waals surface area (Å²) in [4.78, 5) is 0. The topological polar surface area (TPSA) is 32.3 Å². The van der Waals surface area contributed by atoms with Crippen molar-refractivity contribution in [2.45, 2.75) is 39.2 Å². The molecule has 96 valence electrons. The van der Waals surface area contributed by atoms with Gasteiger partial charge in [-0.05, 0) is 11.5 Å². The van der Waals surface area contributed by atoms with Gasteiger partial charge in [-0.3, -0.25) is 0 Å². The van der Waals surface area contributed by atoms with Crippen LogP contribution in [0.4, 0.5) is 0 Å². The maximum atomic E-state index is 9.30. The average molecular weight is 235 g/mol. The van der Waals surface area contributed by atoms with Gasteiger partial charge in [-0.15, -0.1) is 0 Å². The van der Waals surface area contributed by atoms with Crippen LogP contribution in [0, 0.1) is 5.92 Å². The number of rotatable bonds is 6. The highest BCUT2D eigenvalue weighted by Gasteiger charge is 2.22. The van der Waals surface area contributed by atoms with Crippen LogP contribution in [0.25, 0.3) is 0 Å². The fraction of sp³-hybridized carbons (Fsp3) is 0.600. The number of hydrogen-bond donors (Lipinski definition) is 2. The molecule has 0 aliphatic rings. The summed E-state index contributed by atoms with van der Waals surface area (Å²) in [6.07, 6.45) is 0. The van der Waals surface area contributed by atoms with E-state index in [0.29, 0.717) is 5.92 Å². The predicted octanol–water partition coefficient (Wildman–Crippen LogP) is 2.57. The predicted molar refractivity (Wildman–Crippen MR) is 73.2 cm³/mol. The molecule has 0 saturated carbocycles. The van der Waals surface area contributed by atoms with Crippen LogP contribution in [0.2, 0.25) is 0 Å². The van der Waals surface area contributed by atoms with Gasteiger partial charge in [0.1, 0.15) is 0 Å². The third kappa shape index (κ3) is 4.14. The molecule has 0 bridgehead atoms. The molecule has 0 aromatic heterocycles. The Morgan fingerprint density at radius 2 is 1.76 bits per heavy atom. The molecular weight excluding hydrogens is 210 g/mol. The molecule has 1 rings (SSSR count). The van der Waals surface area contributed by atoms with Crippen molar-refractivity contribution in [3.63, 3.8) is 0 Å². The van der Waals surface area contributed by atoms with E-state index in [1.165, 1.54) is 5.56 Å². The Morgan fingerprint density at radius 1 is 1.18 bits per heavy atom. The van der Waals surface area contributed by atoms with Gasteiger partial charge in [0.25, 0.3) is 0 Å². The average Bonchev–Trinajstić information content (AvgIpc) is 2.30.